The third-order valence-electron chi connectivity index (χ3n) is 7.54. The van der Waals surface area contributed by atoms with E-state index in [1.54, 1.807) is 25.2 Å². The van der Waals surface area contributed by atoms with Crippen LogP contribution in [0.2, 0.25) is 0 Å². The molecule has 0 saturated carbocycles. The first-order valence-corrected chi connectivity index (χ1v) is 13.2. The summed E-state index contributed by atoms with van der Waals surface area (Å²) in [6.45, 7) is 11.2. The van der Waals surface area contributed by atoms with Crippen LogP contribution in [0.3, 0.4) is 0 Å². The van der Waals surface area contributed by atoms with Gasteiger partial charge in [-0.25, -0.2) is 4.98 Å². The van der Waals surface area contributed by atoms with E-state index < -0.39 is 36.1 Å². The highest BCUT2D eigenvalue weighted by Gasteiger charge is 2.52. The SMILES string of the molecule is CC(=Cc1csc(C)n1)[C@@H]1C[C@@H]2O[C@]2(C)CCC[C@H](C)[C@H](O)[C@@H](C)C(=O)[C@H](C)C(O)CC(=O)O1. The summed E-state index contributed by atoms with van der Waals surface area (Å²) in [6.07, 6.45) is 2.12. The number of Topliss-reactive ketones (excluding diaryl/α,β-unsaturated/α-hetero) is 1. The van der Waals surface area contributed by atoms with E-state index >= 15 is 0 Å². The molecular weight excluding hydrogens is 454 g/mol. The first-order chi connectivity index (χ1) is 15.9. The molecule has 3 heterocycles. The number of carbonyl (C=O) groups is 2. The number of aromatic nitrogens is 1. The highest BCUT2D eigenvalue weighted by atomic mass is 32.1. The highest BCUT2D eigenvalue weighted by Crippen LogP contribution is 2.45. The summed E-state index contributed by atoms with van der Waals surface area (Å²) >= 11 is 1.56. The van der Waals surface area contributed by atoms with E-state index in [0.717, 1.165) is 35.5 Å². The lowest BCUT2D eigenvalue weighted by Gasteiger charge is -2.28. The van der Waals surface area contributed by atoms with Crippen molar-refractivity contribution in [3.8, 4) is 0 Å². The number of fused-ring (bicyclic) bond motifs is 1. The Balaban J connectivity index is 1.81. The van der Waals surface area contributed by atoms with Gasteiger partial charge >= 0.3 is 5.97 Å². The normalized spacial score (nSPS) is 38.8. The summed E-state index contributed by atoms with van der Waals surface area (Å²) in [5.74, 6) is -2.25. The van der Waals surface area contributed by atoms with Gasteiger partial charge in [0.2, 0.25) is 0 Å². The number of ketones is 1. The van der Waals surface area contributed by atoms with E-state index in [0.29, 0.717) is 6.42 Å². The van der Waals surface area contributed by atoms with Gasteiger partial charge in [0.1, 0.15) is 11.9 Å². The third-order valence-corrected chi connectivity index (χ3v) is 8.33. The van der Waals surface area contributed by atoms with Crippen molar-refractivity contribution in [3.05, 3.63) is 21.7 Å². The Morgan fingerprint density at radius 1 is 1.24 bits per heavy atom. The van der Waals surface area contributed by atoms with E-state index in [-0.39, 0.29) is 29.8 Å². The largest absolute Gasteiger partial charge is 0.458 e. The van der Waals surface area contributed by atoms with Crippen molar-refractivity contribution < 1.29 is 29.3 Å². The molecule has 8 atom stereocenters. The Morgan fingerprint density at radius 2 is 1.94 bits per heavy atom. The molecular formula is C26H39NO6S. The van der Waals surface area contributed by atoms with Crippen LogP contribution in [0.5, 0.6) is 0 Å². The second kappa shape index (κ2) is 11.0. The fourth-order valence-corrected chi connectivity index (χ4v) is 5.44. The van der Waals surface area contributed by atoms with Gasteiger partial charge in [-0.2, -0.15) is 0 Å². The quantitative estimate of drug-likeness (QED) is 0.472. The summed E-state index contributed by atoms with van der Waals surface area (Å²) in [4.78, 5) is 30.2. The molecule has 1 aromatic heterocycles. The zero-order valence-electron chi connectivity index (χ0n) is 21.1. The molecule has 0 amide bonds. The van der Waals surface area contributed by atoms with Crippen LogP contribution in [0.4, 0.5) is 0 Å². The molecule has 2 aliphatic rings. The van der Waals surface area contributed by atoms with Gasteiger partial charge in [0.15, 0.2) is 0 Å². The lowest BCUT2D eigenvalue weighted by Crippen LogP contribution is -2.39. The van der Waals surface area contributed by atoms with Gasteiger partial charge in [0, 0.05) is 23.6 Å². The minimum absolute atomic E-state index is 0.0386. The summed E-state index contributed by atoms with van der Waals surface area (Å²) in [5, 5.41) is 24.2. The molecule has 2 N–H and O–H groups in total. The Hall–Kier alpha value is -1.61. The average molecular weight is 494 g/mol. The van der Waals surface area contributed by atoms with E-state index in [9.17, 15) is 19.8 Å². The molecule has 2 aliphatic heterocycles. The second-order valence-electron chi connectivity index (χ2n) is 10.4. The molecule has 2 fully saturated rings. The Kier molecular flexibility index (Phi) is 8.71. The van der Waals surface area contributed by atoms with Gasteiger partial charge in [-0.05, 0) is 51.2 Å². The van der Waals surface area contributed by atoms with E-state index in [4.69, 9.17) is 9.47 Å². The van der Waals surface area contributed by atoms with Crippen LogP contribution in [-0.4, -0.2) is 57.0 Å². The summed E-state index contributed by atoms with van der Waals surface area (Å²) < 4.78 is 11.9. The zero-order valence-corrected chi connectivity index (χ0v) is 21.9. The number of epoxide rings is 1. The van der Waals surface area contributed by atoms with E-state index in [2.05, 4.69) is 11.9 Å². The minimum Gasteiger partial charge on any atom is -0.458 e. The fourth-order valence-electron chi connectivity index (χ4n) is 4.87. The van der Waals surface area contributed by atoms with Crippen LogP contribution < -0.4 is 0 Å². The number of rotatable bonds is 2. The molecule has 34 heavy (non-hydrogen) atoms. The highest BCUT2D eigenvalue weighted by molar-refractivity contribution is 7.09. The molecule has 0 aromatic carbocycles. The molecule has 2 saturated heterocycles. The number of aliphatic hydroxyl groups is 2. The van der Waals surface area contributed by atoms with Crippen LogP contribution in [0.15, 0.2) is 11.0 Å². The van der Waals surface area contributed by atoms with Crippen LogP contribution >= 0.6 is 11.3 Å². The topological polar surface area (TPSA) is 109 Å². The van der Waals surface area contributed by atoms with Crippen molar-refractivity contribution in [1.82, 2.24) is 4.98 Å². The molecule has 190 valence electrons. The smallest absolute Gasteiger partial charge is 0.309 e. The van der Waals surface area contributed by atoms with Gasteiger partial charge in [0.05, 0.1) is 41.0 Å². The van der Waals surface area contributed by atoms with Gasteiger partial charge in [0.25, 0.3) is 0 Å². The van der Waals surface area contributed by atoms with Gasteiger partial charge in [-0.1, -0.05) is 27.2 Å². The molecule has 8 heteroatoms. The predicted molar refractivity (Wildman–Crippen MR) is 131 cm³/mol. The van der Waals surface area contributed by atoms with Crippen molar-refractivity contribution in [2.24, 2.45) is 17.8 Å². The number of esters is 1. The summed E-state index contributed by atoms with van der Waals surface area (Å²) in [6, 6.07) is 0. The van der Waals surface area contributed by atoms with Gasteiger partial charge in [-0.3, -0.25) is 9.59 Å². The van der Waals surface area contributed by atoms with Crippen molar-refractivity contribution >= 4 is 29.2 Å². The number of hydrogen-bond donors (Lipinski definition) is 2. The number of nitrogens with zero attached hydrogens (tertiary/aromatic N) is 1. The molecule has 1 unspecified atom stereocenters. The number of cyclic esters (lactones) is 1. The molecule has 0 spiro atoms. The van der Waals surface area contributed by atoms with Crippen molar-refractivity contribution in [2.45, 2.75) is 104 Å². The third kappa shape index (κ3) is 6.53. The Bertz CT molecular complexity index is 913. The van der Waals surface area contributed by atoms with Gasteiger partial charge < -0.3 is 19.7 Å². The number of carbonyl (C=O) groups excluding carboxylic acids is 2. The fraction of sp³-hybridized carbons (Fsp3) is 0.731. The van der Waals surface area contributed by atoms with Crippen LogP contribution in [-0.2, 0) is 19.1 Å². The Labute approximate surface area is 206 Å². The van der Waals surface area contributed by atoms with Crippen LogP contribution in [0.25, 0.3) is 6.08 Å². The van der Waals surface area contributed by atoms with Crippen molar-refractivity contribution in [2.75, 3.05) is 0 Å². The van der Waals surface area contributed by atoms with E-state index in [1.807, 2.05) is 32.2 Å². The number of hydrogen-bond acceptors (Lipinski definition) is 8. The molecule has 3 rings (SSSR count). The summed E-state index contributed by atoms with van der Waals surface area (Å²) in [5.41, 5.74) is 1.39. The second-order valence-corrected chi connectivity index (χ2v) is 11.5. The molecule has 1 aromatic rings. The number of aryl methyl sites for hydroxylation is 1. The number of ether oxygens (including phenoxy) is 2. The Morgan fingerprint density at radius 3 is 2.59 bits per heavy atom. The molecule has 7 nitrogen and oxygen atoms in total. The van der Waals surface area contributed by atoms with Crippen molar-refractivity contribution in [1.29, 1.82) is 0 Å². The number of aliphatic hydroxyl groups excluding tert-OH is 2. The van der Waals surface area contributed by atoms with Crippen LogP contribution in [0, 0.1) is 24.7 Å². The monoisotopic (exact) mass is 493 g/mol. The predicted octanol–water partition coefficient (Wildman–Crippen LogP) is 4.09. The van der Waals surface area contributed by atoms with E-state index in [1.165, 1.54) is 0 Å². The van der Waals surface area contributed by atoms with Crippen molar-refractivity contribution in [3.63, 3.8) is 0 Å². The lowest BCUT2D eigenvalue weighted by atomic mass is 9.81. The average Bonchev–Trinajstić information content (AvgIpc) is 3.22. The molecule has 0 radical (unpaired) electrons. The maximum atomic E-state index is 12.9. The molecule has 0 bridgehead atoms. The molecule has 0 aliphatic carbocycles. The summed E-state index contributed by atoms with van der Waals surface area (Å²) in [7, 11) is 0. The standard InChI is InChI=1S/C26H39NO6S/c1-14-8-7-9-26(6)22(33-26)12-21(15(2)10-19-13-34-18(5)27-19)32-23(29)11-20(28)16(3)25(31)17(4)24(14)30/h10,13-14,16-17,20-22,24,28,30H,7-9,11-12H2,1-6H3/t14-,16+,17+,20?,21-,22-,24-,26+/m0/s1. The first kappa shape index (κ1) is 27.0. The lowest BCUT2D eigenvalue weighted by molar-refractivity contribution is -0.151. The van der Waals surface area contributed by atoms with Crippen LogP contribution in [0.1, 0.15) is 77.4 Å². The zero-order chi connectivity index (χ0) is 25.2. The maximum Gasteiger partial charge on any atom is 0.309 e. The first-order valence-electron chi connectivity index (χ1n) is 12.3. The number of thiazole rings is 1. The maximum absolute atomic E-state index is 12.9. The van der Waals surface area contributed by atoms with Gasteiger partial charge in [-0.15, -0.1) is 11.3 Å². The minimum atomic E-state index is -1.17.